The Labute approximate surface area is 60.2 Å². The average Bonchev–Trinajstić information content (AvgIpc) is 2.19. The maximum atomic E-state index is 2.34. The molecule has 0 nitrogen and oxygen atoms in total. The second kappa shape index (κ2) is 3.33. The van der Waals surface area contributed by atoms with Crippen molar-refractivity contribution < 1.29 is 0 Å². The molecule has 0 spiro atoms. The molecule has 1 heteroatoms. The van der Waals surface area contributed by atoms with E-state index in [0.29, 0.717) is 0 Å². The van der Waals surface area contributed by atoms with Gasteiger partial charge in [-0.05, 0) is 0 Å². The molecule has 1 aromatic heterocycles. The summed E-state index contributed by atoms with van der Waals surface area (Å²) in [6.45, 7) is 2.24. The molecule has 0 N–H and O–H groups in total. The third-order valence-electron chi connectivity index (χ3n) is 1.08. The summed E-state index contributed by atoms with van der Waals surface area (Å²) in [5.74, 6) is 0. The van der Waals surface area contributed by atoms with Gasteiger partial charge in [-0.2, -0.15) is 0 Å². The molecule has 44 valence electrons. The van der Waals surface area contributed by atoms with E-state index in [9.17, 15) is 0 Å². The molecule has 0 saturated carbocycles. The van der Waals surface area contributed by atoms with Gasteiger partial charge in [0.25, 0.3) is 0 Å². The third-order valence-corrected chi connectivity index (χ3v) is 3.75. The molecule has 0 aliphatic carbocycles. The van der Waals surface area contributed by atoms with Gasteiger partial charge in [-0.3, -0.25) is 0 Å². The zero-order valence-corrected chi connectivity index (χ0v) is 7.38. The van der Waals surface area contributed by atoms with Crippen LogP contribution >= 0.6 is 0 Å². The minimum absolute atomic E-state index is 0.196. The second-order valence-electron chi connectivity index (χ2n) is 1.83. The van der Waals surface area contributed by atoms with Gasteiger partial charge in [0.15, 0.2) is 0 Å². The monoisotopic (exact) mass is 224 g/mol. The molecule has 0 unspecified atom stereocenters. The summed E-state index contributed by atoms with van der Waals surface area (Å²) in [4.78, 5) is 0. The predicted octanol–water partition coefficient (Wildman–Crippen LogP) is 1.70. The number of rotatable bonds is 2. The summed E-state index contributed by atoms with van der Waals surface area (Å²) in [5, 5.41) is 0. The molecular formula is C7H10Te. The van der Waals surface area contributed by atoms with Crippen LogP contribution in [0.2, 0.25) is 0 Å². The first kappa shape index (κ1) is 6.39. The van der Waals surface area contributed by atoms with Gasteiger partial charge in [0, 0.05) is 0 Å². The molecule has 8 heavy (non-hydrogen) atoms. The van der Waals surface area contributed by atoms with Crippen LogP contribution in [0.25, 0.3) is 0 Å². The van der Waals surface area contributed by atoms with E-state index < -0.39 is 0 Å². The number of hydrogen-bond acceptors (Lipinski definition) is 0. The average molecular weight is 222 g/mol. The summed E-state index contributed by atoms with van der Waals surface area (Å²) >= 11 is 0.196. The van der Waals surface area contributed by atoms with Crippen molar-refractivity contribution in [3.05, 3.63) is 19.8 Å². The number of hydrogen-bond donors (Lipinski definition) is 0. The van der Waals surface area contributed by atoms with Crippen LogP contribution in [0.1, 0.15) is 16.9 Å². The van der Waals surface area contributed by atoms with Crippen LogP contribution in [0.5, 0.6) is 0 Å². The van der Waals surface area contributed by atoms with Crippen LogP contribution in [-0.2, 0) is 6.42 Å². The van der Waals surface area contributed by atoms with E-state index in [1.54, 1.807) is 3.58 Å². The van der Waals surface area contributed by atoms with Crippen LogP contribution in [0, 0.1) is 0 Å². The fourth-order valence-corrected chi connectivity index (χ4v) is 3.02. The Balaban J connectivity index is 2.50. The summed E-state index contributed by atoms with van der Waals surface area (Å²) in [6, 6.07) is 4.49. The SMILES string of the molecule is CCCc1ccc[te]1. The van der Waals surface area contributed by atoms with Crippen molar-refractivity contribution in [3.8, 4) is 0 Å². The van der Waals surface area contributed by atoms with Gasteiger partial charge >= 0.3 is 60.0 Å². The first-order valence-electron chi connectivity index (χ1n) is 2.96. The molecule has 0 atom stereocenters. The van der Waals surface area contributed by atoms with E-state index in [2.05, 4.69) is 23.1 Å². The van der Waals surface area contributed by atoms with Crippen molar-refractivity contribution in [2.24, 2.45) is 0 Å². The van der Waals surface area contributed by atoms with E-state index >= 15 is 0 Å². The van der Waals surface area contributed by atoms with Crippen molar-refractivity contribution in [2.45, 2.75) is 19.8 Å². The molecule has 0 aliphatic heterocycles. The van der Waals surface area contributed by atoms with Gasteiger partial charge in [0.1, 0.15) is 0 Å². The van der Waals surface area contributed by atoms with E-state index in [0.717, 1.165) is 0 Å². The zero-order chi connectivity index (χ0) is 5.82. The van der Waals surface area contributed by atoms with Crippen LogP contribution in [0.4, 0.5) is 0 Å². The summed E-state index contributed by atoms with van der Waals surface area (Å²) in [5.41, 5.74) is 0. The molecular weight excluding hydrogens is 212 g/mol. The molecule has 0 bridgehead atoms. The first-order valence-corrected chi connectivity index (χ1v) is 5.47. The Hall–Kier alpha value is 0.270. The minimum atomic E-state index is 0.196. The molecule has 0 amide bonds. The third kappa shape index (κ3) is 1.65. The molecule has 0 saturated heterocycles. The fraction of sp³-hybridized carbons (Fsp3) is 0.429. The Morgan fingerprint density at radius 1 is 1.62 bits per heavy atom. The molecule has 0 aliphatic rings. The van der Waals surface area contributed by atoms with E-state index in [1.807, 2.05) is 0 Å². The van der Waals surface area contributed by atoms with Crippen molar-refractivity contribution in [1.29, 1.82) is 0 Å². The predicted molar refractivity (Wildman–Crippen MR) is 37.4 cm³/mol. The van der Waals surface area contributed by atoms with Crippen LogP contribution in [0.15, 0.2) is 16.2 Å². The standard InChI is InChI=1S/C7H10Te/c1-2-4-7-5-3-6-8-7/h3,5-6H,2,4H2,1H3. The Kier molecular flexibility index (Phi) is 2.66. The van der Waals surface area contributed by atoms with Crippen LogP contribution in [0.3, 0.4) is 0 Å². The van der Waals surface area contributed by atoms with Gasteiger partial charge in [-0.25, -0.2) is 0 Å². The molecule has 1 rings (SSSR count). The van der Waals surface area contributed by atoms with Crippen molar-refractivity contribution in [2.75, 3.05) is 0 Å². The van der Waals surface area contributed by atoms with Crippen molar-refractivity contribution in [3.63, 3.8) is 0 Å². The first-order chi connectivity index (χ1) is 3.93. The Morgan fingerprint density at radius 3 is 3.00 bits per heavy atom. The summed E-state index contributed by atoms with van der Waals surface area (Å²) in [6.07, 6.45) is 2.66. The summed E-state index contributed by atoms with van der Waals surface area (Å²) < 4.78 is 4.06. The number of aryl methyl sites for hydroxylation is 1. The quantitative estimate of drug-likeness (QED) is 0.667. The Morgan fingerprint density at radius 2 is 2.50 bits per heavy atom. The topological polar surface area (TPSA) is 0 Å². The Bertz CT molecular complexity index is 130. The van der Waals surface area contributed by atoms with Gasteiger partial charge < -0.3 is 0 Å². The van der Waals surface area contributed by atoms with Crippen molar-refractivity contribution >= 4 is 20.4 Å². The second-order valence-corrected chi connectivity index (χ2v) is 4.78. The normalized spacial score (nSPS) is 9.62. The molecule has 0 radical (unpaired) electrons. The fourth-order valence-electron chi connectivity index (χ4n) is 0.701. The van der Waals surface area contributed by atoms with Crippen molar-refractivity contribution in [1.82, 2.24) is 0 Å². The molecule has 1 heterocycles. The van der Waals surface area contributed by atoms with Gasteiger partial charge in [0.2, 0.25) is 0 Å². The van der Waals surface area contributed by atoms with Gasteiger partial charge in [-0.1, -0.05) is 0 Å². The van der Waals surface area contributed by atoms with E-state index in [4.69, 9.17) is 0 Å². The van der Waals surface area contributed by atoms with Crippen LogP contribution in [-0.4, -0.2) is 20.4 Å². The maximum absolute atomic E-state index is 2.34. The molecule has 0 aromatic carbocycles. The van der Waals surface area contributed by atoms with E-state index in [-0.39, 0.29) is 20.4 Å². The van der Waals surface area contributed by atoms with Gasteiger partial charge in [-0.15, -0.1) is 0 Å². The molecule has 0 fully saturated rings. The van der Waals surface area contributed by atoms with Crippen LogP contribution < -0.4 is 0 Å². The molecule has 1 aromatic rings. The van der Waals surface area contributed by atoms with E-state index in [1.165, 1.54) is 12.8 Å². The zero-order valence-electron chi connectivity index (χ0n) is 5.05. The summed E-state index contributed by atoms with van der Waals surface area (Å²) in [7, 11) is 0. The van der Waals surface area contributed by atoms with Gasteiger partial charge in [0.05, 0.1) is 0 Å².